The molecule has 2 fully saturated rings. The van der Waals surface area contributed by atoms with Gasteiger partial charge < -0.3 is 29.8 Å². The lowest BCUT2D eigenvalue weighted by Gasteiger charge is -2.29. The Morgan fingerprint density at radius 3 is 1.69 bits per heavy atom. The van der Waals surface area contributed by atoms with Crippen molar-refractivity contribution in [2.75, 3.05) is 20.2 Å². The minimum atomic E-state index is -0.715. The van der Waals surface area contributed by atoms with Crippen LogP contribution in [0.15, 0.2) is 48.5 Å². The van der Waals surface area contributed by atoms with Crippen molar-refractivity contribution in [2.45, 2.75) is 77.9 Å². The number of hydrogen-bond donors (Lipinski definition) is 3. The summed E-state index contributed by atoms with van der Waals surface area (Å²) in [5.74, 6) is 1.50. The molecule has 0 saturated carbocycles. The summed E-state index contributed by atoms with van der Waals surface area (Å²) in [6.07, 6.45) is 3.23. The van der Waals surface area contributed by atoms with Gasteiger partial charge in [0, 0.05) is 30.6 Å². The molecule has 0 radical (unpaired) electrons. The highest BCUT2D eigenvalue weighted by Gasteiger charge is 2.38. The minimum absolute atomic E-state index is 0.0908. The van der Waals surface area contributed by atoms with Crippen LogP contribution in [0.1, 0.15) is 83.5 Å². The van der Waals surface area contributed by atoms with Gasteiger partial charge in [-0.2, -0.15) is 0 Å². The van der Waals surface area contributed by atoms with Gasteiger partial charge in [0.1, 0.15) is 17.7 Å². The van der Waals surface area contributed by atoms with Gasteiger partial charge in [-0.05, 0) is 48.6 Å². The molecule has 0 aliphatic carbocycles. The van der Waals surface area contributed by atoms with Gasteiger partial charge in [-0.15, -0.1) is 0 Å². The molecule has 3 amide bonds. The van der Waals surface area contributed by atoms with Crippen LogP contribution in [0.4, 0.5) is 4.79 Å². The lowest BCUT2D eigenvalue weighted by molar-refractivity contribution is -0.135. The van der Waals surface area contributed by atoms with Crippen LogP contribution in [0.2, 0.25) is 10.3 Å². The molecular weight excluding hydrogens is 689 g/mol. The minimum Gasteiger partial charge on any atom is -0.453 e. The van der Waals surface area contributed by atoms with Crippen molar-refractivity contribution < 1.29 is 19.1 Å². The summed E-state index contributed by atoms with van der Waals surface area (Å²) in [4.78, 5) is 58.1. The van der Waals surface area contributed by atoms with E-state index in [9.17, 15) is 14.4 Å². The zero-order valence-electron chi connectivity index (χ0n) is 29.6. The fourth-order valence-electron chi connectivity index (χ4n) is 7.10. The number of rotatable bonds is 10. The highest BCUT2D eigenvalue weighted by molar-refractivity contribution is 6.32. The Balaban J connectivity index is 1.15. The zero-order valence-corrected chi connectivity index (χ0v) is 31.1. The van der Waals surface area contributed by atoms with Crippen LogP contribution < -0.4 is 5.32 Å². The van der Waals surface area contributed by atoms with Gasteiger partial charge in [0.05, 0.1) is 30.6 Å². The van der Waals surface area contributed by atoms with Gasteiger partial charge in [0.25, 0.3) is 0 Å². The van der Waals surface area contributed by atoms with Crippen LogP contribution in [-0.4, -0.2) is 73.9 Å². The number of H-pyrrole nitrogens is 2. The Hall–Kier alpha value is -4.35. The summed E-state index contributed by atoms with van der Waals surface area (Å²) in [6.45, 7) is 9.18. The first-order valence-corrected chi connectivity index (χ1v) is 18.4. The summed E-state index contributed by atoms with van der Waals surface area (Å²) in [7, 11) is 1.28. The number of alkyl carbamates (subject to hydrolysis) is 1. The fraction of sp³-hybridized carbons (Fsp3) is 0.447. The van der Waals surface area contributed by atoms with E-state index in [0.717, 1.165) is 66.0 Å². The van der Waals surface area contributed by atoms with E-state index in [1.54, 1.807) is 4.90 Å². The van der Waals surface area contributed by atoms with Gasteiger partial charge in [0.2, 0.25) is 11.8 Å². The van der Waals surface area contributed by atoms with Crippen LogP contribution in [-0.2, 0) is 14.3 Å². The first-order chi connectivity index (χ1) is 24.4. The molecule has 270 valence electrons. The molecular formula is C38H45Cl2N7O4. The largest absolute Gasteiger partial charge is 0.453 e. The van der Waals surface area contributed by atoms with Gasteiger partial charge >= 0.3 is 6.09 Å². The second-order valence-corrected chi connectivity index (χ2v) is 14.8. The predicted molar refractivity (Wildman–Crippen MR) is 198 cm³/mol. The summed E-state index contributed by atoms with van der Waals surface area (Å²) in [6, 6.07) is 15.1. The molecule has 3 N–H and O–H groups in total. The average molecular weight is 735 g/mol. The molecule has 4 heterocycles. The highest BCUT2D eigenvalue weighted by atomic mass is 35.5. The van der Waals surface area contributed by atoms with Gasteiger partial charge in [0.15, 0.2) is 10.3 Å². The number of carbonyl (C=O) groups excluding carboxylic acids is 3. The summed E-state index contributed by atoms with van der Waals surface area (Å²) in [5.41, 5.74) is 5.24. The molecule has 51 heavy (non-hydrogen) atoms. The summed E-state index contributed by atoms with van der Waals surface area (Å²) in [5, 5.41) is 3.40. The number of amides is 3. The van der Waals surface area contributed by atoms with Crippen molar-refractivity contribution in [3.8, 4) is 33.6 Å². The van der Waals surface area contributed by atoms with Crippen molar-refractivity contribution in [3.05, 3.63) is 70.5 Å². The highest BCUT2D eigenvalue weighted by Crippen LogP contribution is 2.38. The molecule has 4 aromatic rings. The third kappa shape index (κ3) is 7.79. The quantitative estimate of drug-likeness (QED) is 0.150. The van der Waals surface area contributed by atoms with E-state index >= 15 is 0 Å². The number of carbonyl (C=O) groups is 3. The van der Waals surface area contributed by atoms with Crippen molar-refractivity contribution in [2.24, 2.45) is 11.8 Å². The lowest BCUT2D eigenvalue weighted by Crippen LogP contribution is -2.51. The Morgan fingerprint density at radius 2 is 1.24 bits per heavy atom. The molecule has 2 aliphatic rings. The number of benzene rings is 2. The van der Waals surface area contributed by atoms with Gasteiger partial charge in [-0.25, -0.2) is 14.8 Å². The molecule has 0 unspecified atom stereocenters. The standard InChI is InChI=1S/C38H45Cl2N7O4/c1-21(2)20-29(48)46-18-6-8-27(46)35-41-31(33(39)44-35)25-14-10-23(11-15-25)24-12-16-26(17-13-24)32-34(40)45-36(42-32)28-9-7-19-47(28)37(49)30(22(3)4)43-38(50)51-5/h10-17,21-22,27-28,30H,6-9,18-20H2,1-5H3,(H,41,44)(H,42,45)(H,43,50)/t27-,28-,30-/m0/s1. The molecule has 2 saturated heterocycles. The number of methoxy groups -OCH3 is 1. The molecule has 0 bridgehead atoms. The number of nitrogens with one attached hydrogen (secondary N) is 3. The first-order valence-electron chi connectivity index (χ1n) is 17.6. The number of ether oxygens (including phenoxy) is 1. The monoisotopic (exact) mass is 733 g/mol. The van der Waals surface area contributed by atoms with E-state index < -0.39 is 12.1 Å². The smallest absolute Gasteiger partial charge is 0.407 e. The van der Waals surface area contributed by atoms with Crippen LogP contribution >= 0.6 is 23.2 Å². The maximum Gasteiger partial charge on any atom is 0.407 e. The van der Waals surface area contributed by atoms with Crippen molar-refractivity contribution in [1.29, 1.82) is 0 Å². The number of likely N-dealkylation sites (tertiary alicyclic amines) is 2. The van der Waals surface area contributed by atoms with E-state index in [1.807, 2.05) is 67.3 Å². The van der Waals surface area contributed by atoms with Crippen molar-refractivity contribution in [3.63, 3.8) is 0 Å². The first kappa shape index (κ1) is 36.4. The zero-order chi connectivity index (χ0) is 36.4. The Morgan fingerprint density at radius 1 is 0.784 bits per heavy atom. The number of aromatic amines is 2. The number of imidazole rings is 2. The van der Waals surface area contributed by atoms with Gasteiger partial charge in [-0.3, -0.25) is 9.59 Å². The molecule has 2 aliphatic heterocycles. The van der Waals surface area contributed by atoms with Crippen LogP contribution in [0.3, 0.4) is 0 Å². The van der Waals surface area contributed by atoms with E-state index in [1.165, 1.54) is 7.11 Å². The number of aromatic nitrogens is 4. The molecule has 11 nitrogen and oxygen atoms in total. The topological polar surface area (TPSA) is 136 Å². The second kappa shape index (κ2) is 15.5. The number of halogens is 2. The molecule has 3 atom stereocenters. The molecule has 0 spiro atoms. The number of nitrogens with zero attached hydrogens (tertiary/aromatic N) is 4. The van der Waals surface area contributed by atoms with Crippen LogP contribution in [0.25, 0.3) is 33.6 Å². The Labute approximate surface area is 308 Å². The fourth-order valence-corrected chi connectivity index (χ4v) is 7.60. The molecule has 13 heteroatoms. The van der Waals surface area contributed by atoms with E-state index in [0.29, 0.717) is 40.7 Å². The third-order valence-corrected chi connectivity index (χ3v) is 10.3. The van der Waals surface area contributed by atoms with E-state index in [2.05, 4.69) is 39.1 Å². The maximum atomic E-state index is 13.5. The average Bonchev–Trinajstić information content (AvgIpc) is 3.93. The van der Waals surface area contributed by atoms with Gasteiger partial charge in [-0.1, -0.05) is 99.4 Å². The molecule has 2 aromatic heterocycles. The SMILES string of the molecule is COC(=O)N[C@H](C(=O)N1CCC[C@H]1c1nc(Cl)c(-c2ccc(-c3ccc(-c4[nH]c([C@@H]5CCCN5C(=O)CC(C)C)nc4Cl)cc3)cc2)[nH]1)C(C)C. The Bertz CT molecular complexity index is 1870. The number of hydrogen-bond acceptors (Lipinski definition) is 6. The maximum absolute atomic E-state index is 13.5. The third-order valence-electron chi connectivity index (χ3n) is 9.75. The molecule has 2 aromatic carbocycles. The second-order valence-electron chi connectivity index (χ2n) is 14.1. The Kier molecular flexibility index (Phi) is 11.1. The summed E-state index contributed by atoms with van der Waals surface area (Å²) < 4.78 is 4.75. The van der Waals surface area contributed by atoms with Crippen LogP contribution in [0, 0.1) is 11.8 Å². The predicted octanol–water partition coefficient (Wildman–Crippen LogP) is 8.19. The summed E-state index contributed by atoms with van der Waals surface area (Å²) >= 11 is 13.3. The lowest BCUT2D eigenvalue weighted by atomic mass is 10.0. The van der Waals surface area contributed by atoms with Crippen LogP contribution in [0.5, 0.6) is 0 Å². The van der Waals surface area contributed by atoms with Crippen molar-refractivity contribution in [1.82, 2.24) is 35.1 Å². The normalized spacial score (nSPS) is 18.1. The van der Waals surface area contributed by atoms with Crippen molar-refractivity contribution >= 4 is 41.1 Å². The molecule has 6 rings (SSSR count). The van der Waals surface area contributed by atoms with E-state index in [-0.39, 0.29) is 29.8 Å². The van der Waals surface area contributed by atoms with E-state index in [4.69, 9.17) is 27.9 Å².